The standard InChI is InChI=1S/C17H13N3O4/c1-10-15(16(18)21)11-6-2-4-8-13(11)19(10)17(22)12-7-3-5-9-14(12)20(23)24/h2-9H,1H3,(H2,18,21). The van der Waals surface area contributed by atoms with Gasteiger partial charge in [-0.15, -0.1) is 0 Å². The van der Waals surface area contributed by atoms with Gasteiger partial charge in [0.25, 0.3) is 17.5 Å². The summed E-state index contributed by atoms with van der Waals surface area (Å²) < 4.78 is 1.29. The summed E-state index contributed by atoms with van der Waals surface area (Å²) in [6.07, 6.45) is 0. The Hall–Kier alpha value is -3.48. The zero-order valence-electron chi connectivity index (χ0n) is 12.7. The molecule has 0 atom stereocenters. The molecular weight excluding hydrogens is 310 g/mol. The normalized spacial score (nSPS) is 10.7. The highest BCUT2D eigenvalue weighted by Crippen LogP contribution is 2.28. The number of nitrogens with zero attached hydrogens (tertiary/aromatic N) is 2. The summed E-state index contributed by atoms with van der Waals surface area (Å²) in [7, 11) is 0. The number of carbonyl (C=O) groups excluding carboxylic acids is 2. The number of amides is 1. The summed E-state index contributed by atoms with van der Waals surface area (Å²) >= 11 is 0. The van der Waals surface area contributed by atoms with E-state index >= 15 is 0 Å². The number of hydrogen-bond donors (Lipinski definition) is 1. The van der Waals surface area contributed by atoms with Crippen LogP contribution in [0.1, 0.15) is 26.4 Å². The summed E-state index contributed by atoms with van der Waals surface area (Å²) in [5.41, 5.74) is 6.16. The molecule has 0 unspecified atom stereocenters. The van der Waals surface area contributed by atoms with E-state index in [0.29, 0.717) is 16.6 Å². The second-order valence-electron chi connectivity index (χ2n) is 5.26. The van der Waals surface area contributed by atoms with Crippen LogP contribution in [0.4, 0.5) is 5.69 Å². The van der Waals surface area contributed by atoms with E-state index in [1.54, 1.807) is 37.3 Å². The van der Waals surface area contributed by atoms with Crippen LogP contribution in [0.15, 0.2) is 48.5 Å². The number of primary amides is 1. The summed E-state index contributed by atoms with van der Waals surface area (Å²) in [6, 6.07) is 12.5. The van der Waals surface area contributed by atoms with Crippen molar-refractivity contribution in [1.82, 2.24) is 4.57 Å². The molecule has 1 amide bonds. The van der Waals surface area contributed by atoms with Gasteiger partial charge >= 0.3 is 0 Å². The van der Waals surface area contributed by atoms with Gasteiger partial charge in [-0.2, -0.15) is 0 Å². The van der Waals surface area contributed by atoms with E-state index in [4.69, 9.17) is 5.73 Å². The Morgan fingerprint density at radius 2 is 1.71 bits per heavy atom. The Kier molecular flexibility index (Phi) is 3.61. The van der Waals surface area contributed by atoms with E-state index in [0.717, 1.165) is 0 Å². The van der Waals surface area contributed by atoms with Crippen LogP contribution in [0.2, 0.25) is 0 Å². The number of aromatic nitrogens is 1. The van der Waals surface area contributed by atoms with E-state index in [1.807, 2.05) is 0 Å². The quantitative estimate of drug-likeness (QED) is 0.590. The molecule has 0 spiro atoms. The first-order valence-corrected chi connectivity index (χ1v) is 7.11. The lowest BCUT2D eigenvalue weighted by Gasteiger charge is -2.07. The fourth-order valence-electron chi connectivity index (χ4n) is 2.87. The first-order valence-electron chi connectivity index (χ1n) is 7.11. The average molecular weight is 323 g/mol. The number of nitrogens with two attached hydrogens (primary N) is 1. The Morgan fingerprint density at radius 1 is 1.08 bits per heavy atom. The number of nitro benzene ring substituents is 1. The van der Waals surface area contributed by atoms with Crippen molar-refractivity contribution in [3.05, 3.63) is 75.5 Å². The smallest absolute Gasteiger partial charge is 0.282 e. The molecule has 0 aliphatic heterocycles. The summed E-state index contributed by atoms with van der Waals surface area (Å²) in [6.45, 7) is 1.59. The summed E-state index contributed by atoms with van der Waals surface area (Å²) in [4.78, 5) is 35.3. The number of fused-ring (bicyclic) bond motifs is 1. The Labute approximate surface area is 136 Å². The SMILES string of the molecule is Cc1c(C(N)=O)c2ccccc2n1C(=O)c1ccccc1[N+](=O)[O-]. The third-order valence-electron chi connectivity index (χ3n) is 3.89. The van der Waals surface area contributed by atoms with Crippen LogP contribution >= 0.6 is 0 Å². The number of benzene rings is 2. The number of hydrogen-bond acceptors (Lipinski definition) is 4. The van der Waals surface area contributed by atoms with E-state index < -0.39 is 16.7 Å². The molecule has 0 bridgehead atoms. The van der Waals surface area contributed by atoms with Gasteiger partial charge in [-0.25, -0.2) is 0 Å². The molecule has 120 valence electrons. The maximum absolute atomic E-state index is 12.9. The molecule has 0 saturated carbocycles. The molecule has 0 radical (unpaired) electrons. The highest BCUT2D eigenvalue weighted by atomic mass is 16.6. The maximum Gasteiger partial charge on any atom is 0.282 e. The van der Waals surface area contributed by atoms with Crippen molar-refractivity contribution in [3.8, 4) is 0 Å². The monoisotopic (exact) mass is 323 g/mol. The third-order valence-corrected chi connectivity index (χ3v) is 3.89. The van der Waals surface area contributed by atoms with Gasteiger partial charge in [0.2, 0.25) is 0 Å². The summed E-state index contributed by atoms with van der Waals surface area (Å²) in [5.74, 6) is -1.23. The van der Waals surface area contributed by atoms with E-state index in [1.165, 1.54) is 22.8 Å². The third kappa shape index (κ3) is 2.23. The van der Waals surface area contributed by atoms with Gasteiger partial charge in [-0.1, -0.05) is 30.3 Å². The Morgan fingerprint density at radius 3 is 2.38 bits per heavy atom. The van der Waals surface area contributed by atoms with Gasteiger partial charge in [0.05, 0.1) is 16.0 Å². The van der Waals surface area contributed by atoms with Gasteiger partial charge in [0, 0.05) is 17.1 Å². The number of rotatable bonds is 3. The predicted octanol–water partition coefficient (Wildman–Crippen LogP) is 2.65. The first kappa shape index (κ1) is 15.4. The van der Waals surface area contributed by atoms with Gasteiger partial charge < -0.3 is 5.73 Å². The number of para-hydroxylation sites is 2. The van der Waals surface area contributed by atoms with Crippen LogP contribution in [-0.4, -0.2) is 21.3 Å². The lowest BCUT2D eigenvalue weighted by Crippen LogP contribution is -2.17. The zero-order chi connectivity index (χ0) is 17.4. The lowest BCUT2D eigenvalue weighted by molar-refractivity contribution is -0.385. The van der Waals surface area contributed by atoms with Crippen LogP contribution in [0, 0.1) is 17.0 Å². The molecule has 0 fully saturated rings. The second kappa shape index (κ2) is 5.62. The fourth-order valence-corrected chi connectivity index (χ4v) is 2.87. The van der Waals surface area contributed by atoms with Crippen LogP contribution in [0.5, 0.6) is 0 Å². The molecule has 0 saturated heterocycles. The first-order chi connectivity index (χ1) is 11.4. The molecule has 7 heteroatoms. The van der Waals surface area contributed by atoms with Crippen molar-refractivity contribution in [2.75, 3.05) is 0 Å². The van der Waals surface area contributed by atoms with Crippen molar-refractivity contribution >= 4 is 28.4 Å². The van der Waals surface area contributed by atoms with Crippen LogP contribution in [0.25, 0.3) is 10.9 Å². The largest absolute Gasteiger partial charge is 0.366 e. The van der Waals surface area contributed by atoms with Gasteiger partial charge in [-0.05, 0) is 19.1 Å². The molecule has 3 aromatic rings. The number of carbonyl (C=O) groups is 2. The van der Waals surface area contributed by atoms with Crippen molar-refractivity contribution in [2.45, 2.75) is 6.92 Å². The second-order valence-corrected chi connectivity index (χ2v) is 5.26. The minimum absolute atomic E-state index is 0.0534. The zero-order valence-corrected chi connectivity index (χ0v) is 12.7. The van der Waals surface area contributed by atoms with Crippen LogP contribution < -0.4 is 5.73 Å². The van der Waals surface area contributed by atoms with Crippen LogP contribution in [0.3, 0.4) is 0 Å². The number of nitro groups is 1. The molecule has 0 aliphatic rings. The molecule has 1 heterocycles. The molecule has 0 aliphatic carbocycles. The van der Waals surface area contributed by atoms with Crippen molar-refractivity contribution < 1.29 is 14.5 Å². The highest BCUT2D eigenvalue weighted by Gasteiger charge is 2.26. The predicted molar refractivity (Wildman–Crippen MR) is 88.0 cm³/mol. The molecule has 24 heavy (non-hydrogen) atoms. The van der Waals surface area contributed by atoms with Gasteiger partial charge in [0.1, 0.15) is 5.56 Å². The molecule has 3 rings (SSSR count). The van der Waals surface area contributed by atoms with Crippen LogP contribution in [-0.2, 0) is 0 Å². The average Bonchev–Trinajstić information content (AvgIpc) is 2.86. The van der Waals surface area contributed by atoms with E-state index in [2.05, 4.69) is 0 Å². The van der Waals surface area contributed by atoms with Crippen molar-refractivity contribution in [1.29, 1.82) is 0 Å². The lowest BCUT2D eigenvalue weighted by atomic mass is 10.1. The molecule has 1 aromatic heterocycles. The topological polar surface area (TPSA) is 108 Å². The van der Waals surface area contributed by atoms with E-state index in [9.17, 15) is 19.7 Å². The molecule has 7 nitrogen and oxygen atoms in total. The Bertz CT molecular complexity index is 1000. The van der Waals surface area contributed by atoms with Crippen molar-refractivity contribution in [3.63, 3.8) is 0 Å². The highest BCUT2D eigenvalue weighted by molar-refractivity contribution is 6.13. The molecule has 2 aromatic carbocycles. The minimum atomic E-state index is -0.655. The molecule has 2 N–H and O–H groups in total. The maximum atomic E-state index is 12.9. The van der Waals surface area contributed by atoms with Gasteiger partial charge in [-0.3, -0.25) is 24.3 Å². The van der Waals surface area contributed by atoms with Gasteiger partial charge in [0.15, 0.2) is 0 Å². The van der Waals surface area contributed by atoms with E-state index in [-0.39, 0.29) is 16.8 Å². The molecular formula is C17H13N3O4. The fraction of sp³-hybridized carbons (Fsp3) is 0.0588. The summed E-state index contributed by atoms with van der Waals surface area (Å²) in [5, 5.41) is 11.7. The minimum Gasteiger partial charge on any atom is -0.366 e. The van der Waals surface area contributed by atoms with Crippen molar-refractivity contribution in [2.24, 2.45) is 5.73 Å². The Balaban J connectivity index is 2.32.